The second-order valence-electron chi connectivity index (χ2n) is 4.13. The van der Waals surface area contributed by atoms with E-state index in [1.165, 1.54) is 12.1 Å². The van der Waals surface area contributed by atoms with Gasteiger partial charge in [-0.2, -0.15) is 5.26 Å². The predicted octanol–water partition coefficient (Wildman–Crippen LogP) is 2.76. The van der Waals surface area contributed by atoms with Crippen LogP contribution in [-0.2, 0) is 0 Å². The van der Waals surface area contributed by atoms with Crippen molar-refractivity contribution in [3.05, 3.63) is 34.1 Å². The maximum absolute atomic E-state index is 13.1. The number of hydrogen-bond donors (Lipinski definition) is 1. The van der Waals surface area contributed by atoms with Crippen LogP contribution in [0.25, 0.3) is 0 Å². The van der Waals surface area contributed by atoms with E-state index in [0.29, 0.717) is 17.3 Å². The van der Waals surface area contributed by atoms with Crippen LogP contribution in [0.4, 0.5) is 4.39 Å². The lowest BCUT2D eigenvalue weighted by Crippen LogP contribution is -2.52. The first-order valence-electron chi connectivity index (χ1n) is 5.25. The maximum Gasteiger partial charge on any atom is 0.253 e. The monoisotopic (exact) mass is 296 g/mol. The van der Waals surface area contributed by atoms with Crippen LogP contribution in [0.5, 0.6) is 0 Å². The fourth-order valence-corrected chi connectivity index (χ4v) is 2.18. The van der Waals surface area contributed by atoms with E-state index < -0.39 is 17.3 Å². The summed E-state index contributed by atoms with van der Waals surface area (Å²) in [5, 5.41) is 11.7. The summed E-state index contributed by atoms with van der Waals surface area (Å²) in [6, 6.07) is 6.01. The summed E-state index contributed by atoms with van der Waals surface area (Å²) in [6.45, 7) is 0. The van der Waals surface area contributed by atoms with Crippen LogP contribution < -0.4 is 5.32 Å². The van der Waals surface area contributed by atoms with E-state index in [9.17, 15) is 9.18 Å². The average Bonchev–Trinajstić information content (AvgIpc) is 2.26. The van der Waals surface area contributed by atoms with Gasteiger partial charge in [-0.1, -0.05) is 0 Å². The second-order valence-corrected chi connectivity index (χ2v) is 4.98. The van der Waals surface area contributed by atoms with Crippen LogP contribution >= 0.6 is 15.9 Å². The first kappa shape index (κ1) is 12.1. The van der Waals surface area contributed by atoms with Crippen molar-refractivity contribution in [2.45, 2.75) is 24.8 Å². The molecule has 17 heavy (non-hydrogen) atoms. The third kappa shape index (κ3) is 2.32. The molecule has 0 spiro atoms. The molecule has 5 heteroatoms. The number of nitrogens with zero attached hydrogens (tertiary/aromatic N) is 1. The first-order valence-corrected chi connectivity index (χ1v) is 6.04. The number of nitriles is 1. The minimum atomic E-state index is -0.761. The zero-order chi connectivity index (χ0) is 12.5. The lowest BCUT2D eigenvalue weighted by Gasteiger charge is -2.35. The summed E-state index contributed by atoms with van der Waals surface area (Å²) in [6.07, 6.45) is 2.24. The molecule has 1 aliphatic carbocycles. The lowest BCUT2D eigenvalue weighted by molar-refractivity contribution is 0.0880. The van der Waals surface area contributed by atoms with Crippen LogP contribution in [-0.4, -0.2) is 11.4 Å². The molecule has 0 unspecified atom stereocenters. The fourth-order valence-electron chi connectivity index (χ4n) is 1.75. The number of carbonyl (C=O) groups is 1. The second kappa shape index (κ2) is 4.46. The summed E-state index contributed by atoms with van der Waals surface area (Å²) in [4.78, 5) is 11.9. The van der Waals surface area contributed by atoms with Gasteiger partial charge in [-0.05, 0) is 53.4 Å². The normalized spacial score (nSPS) is 16.8. The molecule has 0 saturated heterocycles. The highest BCUT2D eigenvalue weighted by molar-refractivity contribution is 9.10. The Kier molecular flexibility index (Phi) is 3.16. The van der Waals surface area contributed by atoms with E-state index in [1.54, 1.807) is 0 Å². The number of halogens is 2. The van der Waals surface area contributed by atoms with Crippen molar-refractivity contribution in [3.63, 3.8) is 0 Å². The SMILES string of the molecule is N#CC1(NC(=O)c2cc(F)ccc2Br)CCC1. The van der Waals surface area contributed by atoms with Gasteiger partial charge in [0.15, 0.2) is 0 Å². The Hall–Kier alpha value is -1.41. The third-order valence-corrected chi connectivity index (χ3v) is 3.64. The Balaban J connectivity index is 2.20. The van der Waals surface area contributed by atoms with Gasteiger partial charge in [0.05, 0.1) is 11.6 Å². The zero-order valence-corrected chi connectivity index (χ0v) is 10.6. The minimum absolute atomic E-state index is 0.214. The fraction of sp³-hybridized carbons (Fsp3) is 0.333. The number of rotatable bonds is 2. The van der Waals surface area contributed by atoms with Gasteiger partial charge < -0.3 is 5.32 Å². The summed E-state index contributed by atoms with van der Waals surface area (Å²) in [5.41, 5.74) is -0.547. The smallest absolute Gasteiger partial charge is 0.253 e. The average molecular weight is 297 g/mol. The van der Waals surface area contributed by atoms with Crippen LogP contribution in [0.1, 0.15) is 29.6 Å². The lowest BCUT2D eigenvalue weighted by atomic mass is 9.78. The van der Waals surface area contributed by atoms with Gasteiger partial charge in [-0.15, -0.1) is 0 Å². The highest BCUT2D eigenvalue weighted by Crippen LogP contribution is 2.31. The van der Waals surface area contributed by atoms with Gasteiger partial charge in [0, 0.05) is 4.47 Å². The molecule has 1 fully saturated rings. The van der Waals surface area contributed by atoms with Crippen LogP contribution in [0.15, 0.2) is 22.7 Å². The summed E-state index contributed by atoms with van der Waals surface area (Å²) < 4.78 is 13.6. The van der Waals surface area contributed by atoms with E-state index in [0.717, 1.165) is 12.5 Å². The molecule has 1 aromatic carbocycles. The standard InChI is InChI=1S/C12H10BrFN2O/c13-10-3-2-8(14)6-9(10)11(17)16-12(7-15)4-1-5-12/h2-3,6H,1,4-5H2,(H,16,17). The predicted molar refractivity (Wildman–Crippen MR) is 63.8 cm³/mol. The van der Waals surface area contributed by atoms with E-state index in [2.05, 4.69) is 27.3 Å². The van der Waals surface area contributed by atoms with E-state index in [-0.39, 0.29) is 5.56 Å². The molecule has 0 bridgehead atoms. The van der Waals surface area contributed by atoms with Crippen LogP contribution in [0.2, 0.25) is 0 Å². The summed E-state index contributed by atoms with van der Waals surface area (Å²) >= 11 is 3.19. The van der Waals surface area contributed by atoms with E-state index in [1.807, 2.05) is 0 Å². The molecule has 0 radical (unpaired) electrons. The topological polar surface area (TPSA) is 52.9 Å². The highest BCUT2D eigenvalue weighted by Gasteiger charge is 2.39. The van der Waals surface area contributed by atoms with Crippen molar-refractivity contribution in [2.75, 3.05) is 0 Å². The minimum Gasteiger partial charge on any atom is -0.334 e. The first-order chi connectivity index (χ1) is 8.06. The van der Waals surface area contributed by atoms with Gasteiger partial charge in [0.1, 0.15) is 11.4 Å². The van der Waals surface area contributed by atoms with Gasteiger partial charge in [0.2, 0.25) is 0 Å². The quantitative estimate of drug-likeness (QED) is 0.912. The van der Waals surface area contributed by atoms with E-state index >= 15 is 0 Å². The molecule has 1 aliphatic rings. The Morgan fingerprint density at radius 2 is 2.24 bits per heavy atom. The van der Waals surface area contributed by atoms with Crippen molar-refractivity contribution in [1.29, 1.82) is 5.26 Å². The van der Waals surface area contributed by atoms with Crippen LogP contribution in [0, 0.1) is 17.1 Å². The molecular formula is C12H10BrFN2O. The zero-order valence-electron chi connectivity index (χ0n) is 8.96. The van der Waals surface area contributed by atoms with Crippen molar-refractivity contribution in [3.8, 4) is 6.07 Å². The number of nitrogens with one attached hydrogen (secondary N) is 1. The molecule has 0 heterocycles. The third-order valence-electron chi connectivity index (χ3n) is 2.95. The molecule has 1 aromatic rings. The Morgan fingerprint density at radius 1 is 1.53 bits per heavy atom. The number of hydrogen-bond acceptors (Lipinski definition) is 2. The van der Waals surface area contributed by atoms with E-state index in [4.69, 9.17) is 5.26 Å². The molecule has 3 nitrogen and oxygen atoms in total. The molecule has 0 atom stereocenters. The molecule has 88 valence electrons. The molecule has 2 rings (SSSR count). The van der Waals surface area contributed by atoms with Crippen molar-refractivity contribution >= 4 is 21.8 Å². The highest BCUT2D eigenvalue weighted by atomic mass is 79.9. The number of amides is 1. The maximum atomic E-state index is 13.1. The molecule has 1 N–H and O–H groups in total. The number of benzene rings is 1. The molecular weight excluding hydrogens is 287 g/mol. The van der Waals surface area contributed by atoms with Crippen molar-refractivity contribution in [2.24, 2.45) is 0 Å². The van der Waals surface area contributed by atoms with Crippen molar-refractivity contribution in [1.82, 2.24) is 5.32 Å². The molecule has 0 aromatic heterocycles. The molecule has 1 saturated carbocycles. The number of carbonyl (C=O) groups excluding carboxylic acids is 1. The molecule has 0 aliphatic heterocycles. The summed E-state index contributed by atoms with van der Waals surface area (Å²) in [5.74, 6) is -0.893. The Labute approximate surface area is 107 Å². The molecule has 1 amide bonds. The van der Waals surface area contributed by atoms with Crippen LogP contribution in [0.3, 0.4) is 0 Å². The van der Waals surface area contributed by atoms with Gasteiger partial charge >= 0.3 is 0 Å². The van der Waals surface area contributed by atoms with Gasteiger partial charge in [-0.3, -0.25) is 4.79 Å². The van der Waals surface area contributed by atoms with Gasteiger partial charge in [0.25, 0.3) is 5.91 Å². The van der Waals surface area contributed by atoms with Gasteiger partial charge in [-0.25, -0.2) is 4.39 Å². The van der Waals surface area contributed by atoms with Crippen molar-refractivity contribution < 1.29 is 9.18 Å². The summed E-state index contributed by atoms with van der Waals surface area (Å²) in [7, 11) is 0. The Morgan fingerprint density at radius 3 is 2.76 bits per heavy atom. The Bertz CT molecular complexity index is 506. The largest absolute Gasteiger partial charge is 0.334 e.